The van der Waals surface area contributed by atoms with Crippen LogP contribution in [0.2, 0.25) is 0 Å². The minimum absolute atomic E-state index is 0.0495. The predicted molar refractivity (Wildman–Crippen MR) is 119 cm³/mol. The maximum Gasteiger partial charge on any atom is 0.261 e. The van der Waals surface area contributed by atoms with Gasteiger partial charge in [0.1, 0.15) is 4.83 Å². The van der Waals surface area contributed by atoms with Gasteiger partial charge in [-0.05, 0) is 24.1 Å². The number of aromatic nitrogens is 2. The molecule has 1 saturated heterocycles. The Labute approximate surface area is 178 Å². The van der Waals surface area contributed by atoms with Crippen molar-refractivity contribution in [2.24, 2.45) is 7.05 Å². The van der Waals surface area contributed by atoms with Crippen LogP contribution in [-0.4, -0.2) is 46.4 Å². The molecular formula is C23H22N4O2S. The van der Waals surface area contributed by atoms with Crippen molar-refractivity contribution in [2.75, 3.05) is 20.1 Å². The zero-order valence-electron chi connectivity index (χ0n) is 16.9. The van der Waals surface area contributed by atoms with Crippen LogP contribution >= 0.6 is 11.3 Å². The van der Waals surface area contributed by atoms with Crippen LogP contribution in [-0.2, 0) is 7.05 Å². The van der Waals surface area contributed by atoms with E-state index < -0.39 is 0 Å². The van der Waals surface area contributed by atoms with Gasteiger partial charge in [0.15, 0.2) is 0 Å². The van der Waals surface area contributed by atoms with Crippen LogP contribution in [0, 0.1) is 0 Å². The fourth-order valence-corrected chi connectivity index (χ4v) is 5.68. The third-order valence-corrected chi connectivity index (χ3v) is 7.08. The highest BCUT2D eigenvalue weighted by Crippen LogP contribution is 2.39. The Kier molecular flexibility index (Phi) is 4.55. The molecule has 0 unspecified atom stereocenters. The molecular weight excluding hydrogens is 396 g/mol. The number of nitrogens with one attached hydrogen (secondary N) is 1. The van der Waals surface area contributed by atoms with Crippen molar-refractivity contribution in [3.05, 3.63) is 64.8 Å². The number of carbonyl (C=O) groups excluding carboxylic acids is 2. The molecule has 6 nitrogen and oxygen atoms in total. The number of thiophene rings is 1. The molecule has 4 aromatic rings. The molecule has 0 bridgehead atoms. The zero-order valence-corrected chi connectivity index (χ0v) is 17.7. The minimum atomic E-state index is -0.0909. The summed E-state index contributed by atoms with van der Waals surface area (Å²) in [4.78, 5) is 33.8. The summed E-state index contributed by atoms with van der Waals surface area (Å²) in [5.74, 6) is 0.0782. The van der Waals surface area contributed by atoms with Crippen LogP contribution < -0.4 is 5.32 Å². The summed E-state index contributed by atoms with van der Waals surface area (Å²) >= 11 is 1.42. The van der Waals surface area contributed by atoms with E-state index in [1.165, 1.54) is 11.3 Å². The van der Waals surface area contributed by atoms with Gasteiger partial charge in [-0.25, -0.2) is 4.98 Å². The number of likely N-dealkylation sites (tertiary alicyclic amines) is 1. The average Bonchev–Trinajstić information content (AvgIpc) is 3.48. The summed E-state index contributed by atoms with van der Waals surface area (Å²) in [6, 6.07) is 11.9. The molecule has 0 radical (unpaired) electrons. The molecule has 152 valence electrons. The van der Waals surface area contributed by atoms with E-state index in [-0.39, 0.29) is 17.7 Å². The van der Waals surface area contributed by atoms with Gasteiger partial charge in [-0.15, -0.1) is 11.3 Å². The Morgan fingerprint density at radius 2 is 1.97 bits per heavy atom. The number of para-hydroxylation sites is 1. The van der Waals surface area contributed by atoms with Gasteiger partial charge in [0.05, 0.1) is 10.4 Å². The minimum Gasteiger partial charge on any atom is -0.354 e. The highest BCUT2D eigenvalue weighted by atomic mass is 32.1. The second-order valence-electron chi connectivity index (χ2n) is 7.69. The standard InChI is InChI=1S/C23H22N4O2S/c1-24-21(28)20-19(16-7-5-10-25-22(16)30-20)14-9-11-27(12-14)23(29)17-13-26(2)18-8-4-3-6-15(17)18/h3-8,10,13-14H,9,11-12H2,1-2H3,(H,24,28)/t14-/m1/s1. The van der Waals surface area contributed by atoms with E-state index in [1.807, 2.05) is 59.1 Å². The molecule has 0 saturated carbocycles. The lowest BCUT2D eigenvalue weighted by Gasteiger charge is -2.17. The van der Waals surface area contributed by atoms with E-state index in [0.717, 1.165) is 38.7 Å². The molecule has 5 rings (SSSR count). The monoisotopic (exact) mass is 418 g/mol. The molecule has 30 heavy (non-hydrogen) atoms. The Balaban J connectivity index is 1.49. The number of amides is 2. The summed E-state index contributed by atoms with van der Waals surface area (Å²) in [6.45, 7) is 1.28. The molecule has 3 aromatic heterocycles. The molecule has 0 aliphatic carbocycles. The molecule has 1 fully saturated rings. The third kappa shape index (κ3) is 2.89. The first-order valence-corrected chi connectivity index (χ1v) is 10.8. The first-order chi connectivity index (χ1) is 14.6. The second kappa shape index (κ2) is 7.25. The van der Waals surface area contributed by atoms with Crippen LogP contribution in [0.15, 0.2) is 48.8 Å². The average molecular weight is 419 g/mol. The van der Waals surface area contributed by atoms with E-state index in [2.05, 4.69) is 10.3 Å². The van der Waals surface area contributed by atoms with Gasteiger partial charge >= 0.3 is 0 Å². The number of fused-ring (bicyclic) bond motifs is 2. The molecule has 1 aliphatic rings. The Morgan fingerprint density at radius 1 is 1.17 bits per heavy atom. The number of aryl methyl sites for hydroxylation is 1. The summed E-state index contributed by atoms with van der Waals surface area (Å²) in [7, 11) is 3.61. The van der Waals surface area contributed by atoms with Crippen LogP contribution in [0.4, 0.5) is 0 Å². The van der Waals surface area contributed by atoms with E-state index in [1.54, 1.807) is 13.2 Å². The van der Waals surface area contributed by atoms with Crippen molar-refractivity contribution in [1.82, 2.24) is 19.8 Å². The van der Waals surface area contributed by atoms with Gasteiger partial charge in [-0.2, -0.15) is 0 Å². The first kappa shape index (κ1) is 18.8. The van der Waals surface area contributed by atoms with E-state index in [4.69, 9.17) is 0 Å². The van der Waals surface area contributed by atoms with Crippen LogP contribution in [0.3, 0.4) is 0 Å². The van der Waals surface area contributed by atoms with Gasteiger partial charge < -0.3 is 14.8 Å². The summed E-state index contributed by atoms with van der Waals surface area (Å²) in [5.41, 5.74) is 2.81. The zero-order chi connectivity index (χ0) is 20.8. The van der Waals surface area contributed by atoms with Gasteiger partial charge in [0.25, 0.3) is 11.8 Å². The van der Waals surface area contributed by atoms with Crippen molar-refractivity contribution in [2.45, 2.75) is 12.3 Å². The fourth-order valence-electron chi connectivity index (χ4n) is 4.50. The van der Waals surface area contributed by atoms with Gasteiger partial charge in [0.2, 0.25) is 0 Å². The number of hydrogen-bond donors (Lipinski definition) is 1. The normalized spacial score (nSPS) is 16.5. The summed E-state index contributed by atoms with van der Waals surface area (Å²) < 4.78 is 2.00. The lowest BCUT2D eigenvalue weighted by atomic mass is 9.95. The predicted octanol–water partition coefficient (Wildman–Crippen LogP) is 3.78. The number of benzene rings is 1. The maximum absolute atomic E-state index is 13.4. The SMILES string of the molecule is CNC(=O)c1sc2ncccc2c1[C@@H]1CCN(C(=O)c2cn(C)c3ccccc23)C1. The highest BCUT2D eigenvalue weighted by molar-refractivity contribution is 7.20. The topological polar surface area (TPSA) is 67.2 Å². The quantitative estimate of drug-likeness (QED) is 0.551. The van der Waals surface area contributed by atoms with Crippen molar-refractivity contribution >= 4 is 44.3 Å². The van der Waals surface area contributed by atoms with Gasteiger partial charge in [0, 0.05) is 61.8 Å². The summed E-state index contributed by atoms with van der Waals surface area (Å²) in [5, 5.41) is 4.74. The second-order valence-corrected chi connectivity index (χ2v) is 8.69. The number of rotatable bonds is 3. The lowest BCUT2D eigenvalue weighted by molar-refractivity contribution is 0.0792. The Hall–Kier alpha value is -3.19. The largest absolute Gasteiger partial charge is 0.354 e. The molecule has 4 heterocycles. The Morgan fingerprint density at radius 3 is 2.80 bits per heavy atom. The van der Waals surface area contributed by atoms with Crippen molar-refractivity contribution in [3.8, 4) is 0 Å². The first-order valence-electron chi connectivity index (χ1n) is 10.0. The Bertz CT molecular complexity index is 1290. The molecule has 0 spiro atoms. The molecule has 1 N–H and O–H groups in total. The number of nitrogens with zero attached hydrogens (tertiary/aromatic N) is 3. The number of hydrogen-bond acceptors (Lipinski definition) is 4. The lowest BCUT2D eigenvalue weighted by Crippen LogP contribution is -2.28. The molecule has 1 aromatic carbocycles. The van der Waals surface area contributed by atoms with Gasteiger partial charge in [-0.1, -0.05) is 24.3 Å². The summed E-state index contributed by atoms with van der Waals surface area (Å²) in [6.07, 6.45) is 4.50. The van der Waals surface area contributed by atoms with Crippen molar-refractivity contribution in [3.63, 3.8) is 0 Å². The van der Waals surface area contributed by atoms with Gasteiger partial charge in [-0.3, -0.25) is 9.59 Å². The van der Waals surface area contributed by atoms with Crippen LogP contribution in [0.25, 0.3) is 21.1 Å². The number of carbonyl (C=O) groups is 2. The van der Waals surface area contributed by atoms with Crippen LogP contribution in [0.1, 0.15) is 37.9 Å². The third-order valence-electron chi connectivity index (χ3n) is 5.95. The van der Waals surface area contributed by atoms with E-state index in [0.29, 0.717) is 18.0 Å². The van der Waals surface area contributed by atoms with E-state index in [9.17, 15) is 9.59 Å². The smallest absolute Gasteiger partial charge is 0.261 e. The van der Waals surface area contributed by atoms with Crippen LogP contribution in [0.5, 0.6) is 0 Å². The van der Waals surface area contributed by atoms with Crippen molar-refractivity contribution in [1.29, 1.82) is 0 Å². The maximum atomic E-state index is 13.4. The molecule has 7 heteroatoms. The molecule has 1 aliphatic heterocycles. The molecule has 2 amide bonds. The number of pyridine rings is 1. The highest BCUT2D eigenvalue weighted by Gasteiger charge is 2.33. The molecule has 1 atom stereocenters. The fraction of sp³-hybridized carbons (Fsp3) is 0.261. The van der Waals surface area contributed by atoms with E-state index >= 15 is 0 Å². The van der Waals surface area contributed by atoms with Crippen molar-refractivity contribution < 1.29 is 9.59 Å².